The highest BCUT2D eigenvalue weighted by Gasteiger charge is 2.07. The van der Waals surface area contributed by atoms with Crippen LogP contribution in [0.1, 0.15) is 18.2 Å². The van der Waals surface area contributed by atoms with Gasteiger partial charge in [-0.15, -0.1) is 35.3 Å². The Labute approximate surface area is 179 Å². The normalized spacial score (nSPS) is 11.1. The van der Waals surface area contributed by atoms with E-state index in [1.807, 2.05) is 47.3 Å². The third kappa shape index (κ3) is 5.48. The van der Waals surface area contributed by atoms with Crippen LogP contribution < -0.4 is 20.1 Å². The van der Waals surface area contributed by atoms with E-state index in [9.17, 15) is 0 Å². The number of nitrogens with zero attached hydrogens (tertiary/aromatic N) is 3. The van der Waals surface area contributed by atoms with Gasteiger partial charge in [-0.3, -0.25) is 4.40 Å². The number of hydrogen-bond donors (Lipinski definition) is 2. The van der Waals surface area contributed by atoms with Gasteiger partial charge in [0.05, 0.1) is 33.0 Å². The van der Waals surface area contributed by atoms with Crippen molar-refractivity contribution in [2.75, 3.05) is 20.8 Å². The predicted octanol–water partition coefficient (Wildman–Crippen LogP) is 3.29. The van der Waals surface area contributed by atoms with E-state index in [1.165, 1.54) is 0 Å². The van der Waals surface area contributed by atoms with Crippen LogP contribution in [0, 0.1) is 0 Å². The van der Waals surface area contributed by atoms with Crippen molar-refractivity contribution in [1.29, 1.82) is 0 Å². The molecule has 0 bridgehead atoms. The molecule has 0 radical (unpaired) electrons. The van der Waals surface area contributed by atoms with Crippen molar-refractivity contribution in [3.63, 3.8) is 0 Å². The van der Waals surface area contributed by atoms with Crippen LogP contribution in [0.2, 0.25) is 0 Å². The summed E-state index contributed by atoms with van der Waals surface area (Å²) in [5.41, 5.74) is 1.97. The molecular formula is C18H24IN5O2S. The highest BCUT2D eigenvalue weighted by molar-refractivity contribution is 14.0. The van der Waals surface area contributed by atoms with E-state index in [0.717, 1.165) is 40.2 Å². The van der Waals surface area contributed by atoms with Gasteiger partial charge in [-0.25, -0.2) is 9.98 Å². The minimum Gasteiger partial charge on any atom is -0.497 e. The lowest BCUT2D eigenvalue weighted by Crippen LogP contribution is -2.36. The summed E-state index contributed by atoms with van der Waals surface area (Å²) in [6, 6.07) is 5.74. The van der Waals surface area contributed by atoms with Gasteiger partial charge < -0.3 is 20.1 Å². The van der Waals surface area contributed by atoms with Crippen LogP contribution in [0.4, 0.5) is 0 Å². The Morgan fingerprint density at radius 3 is 2.81 bits per heavy atom. The smallest absolute Gasteiger partial charge is 0.193 e. The van der Waals surface area contributed by atoms with Gasteiger partial charge in [0.1, 0.15) is 11.5 Å². The molecule has 27 heavy (non-hydrogen) atoms. The van der Waals surface area contributed by atoms with E-state index in [4.69, 9.17) is 9.47 Å². The summed E-state index contributed by atoms with van der Waals surface area (Å²) in [4.78, 5) is 10.2. The number of thiazole rings is 1. The van der Waals surface area contributed by atoms with Crippen LogP contribution in [-0.2, 0) is 13.1 Å². The van der Waals surface area contributed by atoms with Gasteiger partial charge >= 0.3 is 0 Å². The Bertz CT molecular complexity index is 864. The van der Waals surface area contributed by atoms with Crippen LogP contribution in [0.3, 0.4) is 0 Å². The van der Waals surface area contributed by atoms with Gasteiger partial charge in [-0.05, 0) is 19.1 Å². The zero-order valence-electron chi connectivity index (χ0n) is 15.6. The second-order valence-electron chi connectivity index (χ2n) is 5.55. The minimum atomic E-state index is 0. The molecule has 2 aromatic heterocycles. The predicted molar refractivity (Wildman–Crippen MR) is 120 cm³/mol. The Hall–Kier alpha value is -2.01. The first-order chi connectivity index (χ1) is 12.7. The number of aliphatic imine (C=N–C) groups is 1. The Balaban J connectivity index is 0.00000261. The number of imidazole rings is 1. The summed E-state index contributed by atoms with van der Waals surface area (Å²) in [6.45, 7) is 3.93. The van der Waals surface area contributed by atoms with Gasteiger partial charge in [-0.2, -0.15) is 0 Å². The summed E-state index contributed by atoms with van der Waals surface area (Å²) in [5.74, 6) is 2.26. The number of guanidine groups is 1. The van der Waals surface area contributed by atoms with Gasteiger partial charge in [0.15, 0.2) is 10.9 Å². The molecule has 0 spiro atoms. The summed E-state index contributed by atoms with van der Waals surface area (Å²) >= 11 is 1.62. The van der Waals surface area contributed by atoms with Crippen molar-refractivity contribution in [2.24, 2.45) is 4.99 Å². The lowest BCUT2D eigenvalue weighted by molar-refractivity contribution is 0.391. The number of ether oxygens (including phenoxy) is 2. The van der Waals surface area contributed by atoms with Gasteiger partial charge in [0, 0.05) is 35.9 Å². The first kappa shape index (κ1) is 21.3. The molecule has 0 fully saturated rings. The first-order valence-electron chi connectivity index (χ1n) is 8.37. The monoisotopic (exact) mass is 501 g/mol. The number of fused-ring (bicyclic) bond motifs is 1. The number of methoxy groups -OCH3 is 2. The molecule has 7 nitrogen and oxygen atoms in total. The molecule has 0 atom stereocenters. The molecule has 2 N–H and O–H groups in total. The Kier molecular flexibility index (Phi) is 8.17. The molecular weight excluding hydrogens is 477 g/mol. The molecule has 3 aromatic rings. The van der Waals surface area contributed by atoms with E-state index in [0.29, 0.717) is 13.1 Å². The van der Waals surface area contributed by atoms with Crippen LogP contribution >= 0.6 is 35.3 Å². The summed E-state index contributed by atoms with van der Waals surface area (Å²) in [7, 11) is 3.29. The fourth-order valence-electron chi connectivity index (χ4n) is 2.52. The molecule has 146 valence electrons. The first-order valence-corrected chi connectivity index (χ1v) is 9.25. The van der Waals surface area contributed by atoms with Crippen LogP contribution in [0.25, 0.3) is 4.96 Å². The summed E-state index contributed by atoms with van der Waals surface area (Å²) in [6.07, 6.45) is 4.03. The Morgan fingerprint density at radius 1 is 1.26 bits per heavy atom. The molecule has 0 aliphatic heterocycles. The molecule has 0 saturated carbocycles. The number of rotatable bonds is 7. The standard InChI is InChI=1S/C18H23N5O2S.HI/c1-4-19-17(21-11-14-12-23-7-8-26-18(23)22-14)20-10-13-5-6-15(24-2)9-16(13)25-3;/h5-9,12H,4,10-11H2,1-3H3,(H2,19,20,21);1H. The van der Waals surface area contributed by atoms with Crippen molar-refractivity contribution < 1.29 is 9.47 Å². The average Bonchev–Trinajstić information content (AvgIpc) is 3.25. The third-order valence-electron chi connectivity index (χ3n) is 3.83. The maximum atomic E-state index is 5.43. The molecule has 9 heteroatoms. The van der Waals surface area contributed by atoms with Gasteiger partial charge in [-0.1, -0.05) is 0 Å². The Morgan fingerprint density at radius 2 is 2.11 bits per heavy atom. The molecule has 3 rings (SSSR count). The largest absolute Gasteiger partial charge is 0.497 e. The lowest BCUT2D eigenvalue weighted by atomic mass is 10.2. The number of hydrogen-bond acceptors (Lipinski definition) is 5. The van der Waals surface area contributed by atoms with E-state index < -0.39 is 0 Å². The molecule has 1 aromatic carbocycles. The molecule has 0 amide bonds. The quantitative estimate of drug-likeness (QED) is 0.296. The average molecular weight is 501 g/mol. The van der Waals surface area contributed by atoms with E-state index in [2.05, 4.69) is 20.6 Å². The van der Waals surface area contributed by atoms with Crippen LogP contribution in [-0.4, -0.2) is 36.1 Å². The van der Waals surface area contributed by atoms with Crippen molar-refractivity contribution in [2.45, 2.75) is 20.0 Å². The number of aromatic nitrogens is 2. The van der Waals surface area contributed by atoms with Crippen LogP contribution in [0.15, 0.2) is 41.0 Å². The number of nitrogens with one attached hydrogen (secondary N) is 2. The molecule has 0 saturated heterocycles. The van der Waals surface area contributed by atoms with Crippen molar-refractivity contribution >= 4 is 46.2 Å². The van der Waals surface area contributed by atoms with Crippen LogP contribution in [0.5, 0.6) is 11.5 Å². The fraction of sp³-hybridized carbons (Fsp3) is 0.333. The second-order valence-corrected chi connectivity index (χ2v) is 6.42. The second kappa shape index (κ2) is 10.4. The van der Waals surface area contributed by atoms with E-state index in [1.54, 1.807) is 25.6 Å². The zero-order chi connectivity index (χ0) is 18.4. The number of benzene rings is 1. The van der Waals surface area contributed by atoms with Gasteiger partial charge in [0.2, 0.25) is 0 Å². The van der Waals surface area contributed by atoms with E-state index >= 15 is 0 Å². The number of halogens is 1. The molecule has 0 aliphatic rings. The molecule has 0 aliphatic carbocycles. The zero-order valence-corrected chi connectivity index (χ0v) is 18.7. The highest BCUT2D eigenvalue weighted by atomic mass is 127. The maximum absolute atomic E-state index is 5.43. The van der Waals surface area contributed by atoms with Crippen molar-refractivity contribution in [3.8, 4) is 11.5 Å². The lowest BCUT2D eigenvalue weighted by Gasteiger charge is -2.12. The highest BCUT2D eigenvalue weighted by Crippen LogP contribution is 2.25. The minimum absolute atomic E-state index is 0. The van der Waals surface area contributed by atoms with Crippen molar-refractivity contribution in [3.05, 3.63) is 47.2 Å². The molecule has 2 heterocycles. The summed E-state index contributed by atoms with van der Waals surface area (Å²) in [5, 5.41) is 8.59. The van der Waals surface area contributed by atoms with Gasteiger partial charge in [0.25, 0.3) is 0 Å². The third-order valence-corrected chi connectivity index (χ3v) is 4.60. The topological polar surface area (TPSA) is 72.2 Å². The fourth-order valence-corrected chi connectivity index (χ4v) is 3.24. The maximum Gasteiger partial charge on any atom is 0.193 e. The molecule has 0 unspecified atom stereocenters. The SMILES string of the molecule is CCNC(=NCc1ccc(OC)cc1OC)NCc1cn2ccsc2n1.I. The van der Waals surface area contributed by atoms with E-state index in [-0.39, 0.29) is 24.0 Å². The summed E-state index contributed by atoms with van der Waals surface area (Å²) < 4.78 is 12.7. The van der Waals surface area contributed by atoms with Crippen molar-refractivity contribution in [1.82, 2.24) is 20.0 Å².